The van der Waals surface area contributed by atoms with Crippen LogP contribution in [0.25, 0.3) is 33.5 Å². The van der Waals surface area contributed by atoms with E-state index in [1.807, 2.05) is 73.1 Å². The van der Waals surface area contributed by atoms with Crippen LogP contribution in [0.3, 0.4) is 0 Å². The fourth-order valence-electron chi connectivity index (χ4n) is 5.80. The van der Waals surface area contributed by atoms with Gasteiger partial charge in [-0.25, -0.2) is 14.3 Å². The van der Waals surface area contributed by atoms with Gasteiger partial charge in [0.25, 0.3) is 6.01 Å². The van der Waals surface area contributed by atoms with Crippen LogP contribution >= 0.6 is 0 Å². The normalized spacial score (nSPS) is 14.2. The van der Waals surface area contributed by atoms with Crippen molar-refractivity contribution in [3.8, 4) is 28.5 Å². The van der Waals surface area contributed by atoms with E-state index < -0.39 is 18.4 Å². The second-order valence-electron chi connectivity index (χ2n) is 11.2. The number of fused-ring (bicyclic) bond motifs is 1. The number of hydrogen-bond donors (Lipinski definition) is 0. The Morgan fingerprint density at radius 3 is 2.41 bits per heavy atom. The molecule has 1 atom stereocenters. The van der Waals surface area contributed by atoms with Crippen molar-refractivity contribution < 1.29 is 28.5 Å². The molecule has 0 saturated heterocycles. The Morgan fingerprint density at radius 1 is 0.935 bits per heavy atom. The number of aryl methyl sites for hydroxylation is 1. The van der Waals surface area contributed by atoms with Gasteiger partial charge < -0.3 is 18.9 Å². The maximum absolute atomic E-state index is 13.4. The molecule has 12 nitrogen and oxygen atoms in total. The Labute approximate surface area is 266 Å². The number of nitrogens with zero attached hydrogens (tertiary/aromatic N) is 6. The lowest BCUT2D eigenvalue weighted by atomic mass is 9.98. The summed E-state index contributed by atoms with van der Waals surface area (Å²) in [5.74, 6) is 0.0177. The van der Waals surface area contributed by atoms with Gasteiger partial charge in [-0.15, -0.1) is 5.10 Å². The maximum atomic E-state index is 13.4. The molecule has 1 aliphatic carbocycles. The second kappa shape index (κ2) is 13.8. The fourth-order valence-corrected chi connectivity index (χ4v) is 5.80. The molecule has 1 aliphatic rings. The molecule has 3 aromatic carbocycles. The van der Waals surface area contributed by atoms with Crippen molar-refractivity contribution in [3.05, 3.63) is 77.9 Å². The van der Waals surface area contributed by atoms with Crippen LogP contribution in [0.15, 0.2) is 66.7 Å². The number of carbonyl (C=O) groups is 2. The van der Waals surface area contributed by atoms with Gasteiger partial charge in [0.2, 0.25) is 6.29 Å². The second-order valence-corrected chi connectivity index (χ2v) is 11.2. The topological polar surface area (TPSA) is 132 Å². The molecule has 2 heterocycles. The number of ether oxygens (including phenoxy) is 4. The summed E-state index contributed by atoms with van der Waals surface area (Å²) < 4.78 is 25.6. The van der Waals surface area contributed by atoms with E-state index in [0.29, 0.717) is 36.0 Å². The average Bonchev–Trinajstić information content (AvgIpc) is 3.64. The van der Waals surface area contributed by atoms with Crippen LogP contribution < -0.4 is 4.74 Å². The zero-order valence-corrected chi connectivity index (χ0v) is 26.1. The molecule has 1 unspecified atom stereocenters. The molecule has 6 rings (SSSR count). The molecular weight excluding hydrogens is 588 g/mol. The lowest BCUT2D eigenvalue weighted by Gasteiger charge is -2.22. The standard InChI is InChI=1S/C34H36N6O6/c1-4-43-33-35-29-16-10-15-28(32(41)44-22(2)45-34(42)46-25-11-6-5-7-12-25)30(29)40(33)21-23-17-19-24(20-18-23)26-13-8-9-14-27(26)31-36-37-38-39(31)3/h8-10,13-20,22,25H,4-7,11-12,21H2,1-3H3. The molecule has 2 aromatic heterocycles. The number of aromatic nitrogens is 6. The van der Waals surface area contributed by atoms with E-state index in [2.05, 4.69) is 20.5 Å². The Morgan fingerprint density at radius 2 is 1.70 bits per heavy atom. The summed E-state index contributed by atoms with van der Waals surface area (Å²) in [4.78, 5) is 30.4. The molecule has 5 aromatic rings. The smallest absolute Gasteiger partial charge is 0.465 e. The van der Waals surface area contributed by atoms with E-state index in [-0.39, 0.29) is 11.7 Å². The highest BCUT2D eigenvalue weighted by molar-refractivity contribution is 6.02. The quantitative estimate of drug-likeness (QED) is 0.128. The summed E-state index contributed by atoms with van der Waals surface area (Å²) in [5.41, 5.74) is 5.29. The van der Waals surface area contributed by atoms with Crippen molar-refractivity contribution in [2.45, 2.75) is 64.9 Å². The van der Waals surface area contributed by atoms with E-state index in [1.165, 1.54) is 6.92 Å². The lowest BCUT2D eigenvalue weighted by Crippen LogP contribution is -2.26. The van der Waals surface area contributed by atoms with Crippen molar-refractivity contribution in [2.24, 2.45) is 7.05 Å². The molecular formula is C34H36N6O6. The zero-order valence-electron chi connectivity index (χ0n) is 26.1. The van der Waals surface area contributed by atoms with Gasteiger partial charge in [-0.3, -0.25) is 4.57 Å². The van der Waals surface area contributed by atoms with Gasteiger partial charge in [0.15, 0.2) is 5.82 Å². The summed E-state index contributed by atoms with van der Waals surface area (Å²) >= 11 is 0. The number of tetrazole rings is 1. The Balaban J connectivity index is 1.23. The number of imidazole rings is 1. The van der Waals surface area contributed by atoms with Crippen molar-refractivity contribution in [1.29, 1.82) is 0 Å². The first-order valence-electron chi connectivity index (χ1n) is 15.5. The van der Waals surface area contributed by atoms with Gasteiger partial charge in [0.05, 0.1) is 29.7 Å². The zero-order chi connectivity index (χ0) is 32.0. The van der Waals surface area contributed by atoms with Crippen molar-refractivity contribution >= 4 is 23.2 Å². The molecule has 0 spiro atoms. The summed E-state index contributed by atoms with van der Waals surface area (Å²) in [7, 11) is 1.81. The van der Waals surface area contributed by atoms with E-state index in [0.717, 1.165) is 54.4 Å². The van der Waals surface area contributed by atoms with Crippen molar-refractivity contribution in [1.82, 2.24) is 29.8 Å². The van der Waals surface area contributed by atoms with Gasteiger partial charge in [0.1, 0.15) is 6.10 Å². The van der Waals surface area contributed by atoms with Gasteiger partial charge in [-0.2, -0.15) is 4.98 Å². The van der Waals surface area contributed by atoms with Crippen LogP contribution in [0.2, 0.25) is 0 Å². The first-order valence-corrected chi connectivity index (χ1v) is 15.5. The van der Waals surface area contributed by atoms with Crippen LogP contribution in [-0.4, -0.2) is 60.9 Å². The summed E-state index contributed by atoms with van der Waals surface area (Å²) in [6.07, 6.45) is 2.65. The van der Waals surface area contributed by atoms with Crippen LogP contribution in [0.5, 0.6) is 6.01 Å². The summed E-state index contributed by atoms with van der Waals surface area (Å²) in [6.45, 7) is 4.14. The highest BCUT2D eigenvalue weighted by atomic mass is 16.8. The number of rotatable bonds is 10. The molecule has 238 valence electrons. The molecule has 0 amide bonds. The molecule has 1 fully saturated rings. The third kappa shape index (κ3) is 6.70. The first kappa shape index (κ1) is 30.8. The molecule has 0 aliphatic heterocycles. The third-order valence-corrected chi connectivity index (χ3v) is 7.97. The number of para-hydroxylation sites is 1. The van der Waals surface area contributed by atoms with E-state index >= 15 is 0 Å². The van der Waals surface area contributed by atoms with Crippen LogP contribution in [0.1, 0.15) is 61.9 Å². The number of esters is 1. The molecule has 1 saturated carbocycles. The number of carbonyl (C=O) groups excluding carboxylic acids is 2. The molecule has 12 heteroatoms. The van der Waals surface area contributed by atoms with Gasteiger partial charge >= 0.3 is 12.1 Å². The minimum atomic E-state index is -1.14. The molecule has 46 heavy (non-hydrogen) atoms. The SMILES string of the molecule is CCOc1nc2cccc(C(=O)OC(C)OC(=O)OC3CCCCC3)c2n1Cc1ccc(-c2ccccc2-c2nnnn2C)cc1. The molecule has 0 radical (unpaired) electrons. The monoisotopic (exact) mass is 624 g/mol. The third-order valence-electron chi connectivity index (χ3n) is 7.97. The lowest BCUT2D eigenvalue weighted by molar-refractivity contribution is -0.0914. The van der Waals surface area contributed by atoms with Crippen molar-refractivity contribution in [2.75, 3.05) is 6.61 Å². The van der Waals surface area contributed by atoms with E-state index in [9.17, 15) is 9.59 Å². The average molecular weight is 625 g/mol. The van der Waals surface area contributed by atoms with Gasteiger partial charge in [-0.05, 0) is 71.9 Å². The largest absolute Gasteiger partial charge is 0.511 e. The minimum Gasteiger partial charge on any atom is -0.465 e. The van der Waals surface area contributed by atoms with Crippen LogP contribution in [-0.2, 0) is 27.8 Å². The van der Waals surface area contributed by atoms with Crippen LogP contribution in [0.4, 0.5) is 4.79 Å². The minimum absolute atomic E-state index is 0.164. The van der Waals surface area contributed by atoms with Crippen molar-refractivity contribution in [3.63, 3.8) is 0 Å². The maximum Gasteiger partial charge on any atom is 0.511 e. The summed E-state index contributed by atoms with van der Waals surface area (Å²) in [6, 6.07) is 21.7. The Kier molecular flexibility index (Phi) is 9.23. The predicted molar refractivity (Wildman–Crippen MR) is 169 cm³/mol. The van der Waals surface area contributed by atoms with Crippen LogP contribution in [0, 0.1) is 0 Å². The first-order chi connectivity index (χ1) is 22.4. The highest BCUT2D eigenvalue weighted by Gasteiger charge is 2.25. The predicted octanol–water partition coefficient (Wildman–Crippen LogP) is 6.33. The van der Waals surface area contributed by atoms with E-state index in [4.69, 9.17) is 18.9 Å². The number of benzene rings is 3. The van der Waals surface area contributed by atoms with E-state index in [1.54, 1.807) is 16.8 Å². The van der Waals surface area contributed by atoms with Gasteiger partial charge in [0, 0.05) is 19.5 Å². The molecule has 0 bridgehead atoms. The highest BCUT2D eigenvalue weighted by Crippen LogP contribution is 2.32. The molecule has 0 N–H and O–H groups in total. The summed E-state index contributed by atoms with van der Waals surface area (Å²) in [5, 5.41) is 11.9. The Bertz CT molecular complexity index is 1830. The fraction of sp³-hybridized carbons (Fsp3) is 0.353. The Hall–Kier alpha value is -5.26. The van der Waals surface area contributed by atoms with Gasteiger partial charge in [-0.1, -0.05) is 61.0 Å². The number of hydrogen-bond acceptors (Lipinski definition) is 10.